The first kappa shape index (κ1) is 17.3. The second-order valence-corrected chi connectivity index (χ2v) is 5.80. The maximum atomic E-state index is 12.2. The Labute approximate surface area is 123 Å². The van der Waals surface area contributed by atoms with E-state index in [1.807, 2.05) is 0 Å². The molecule has 0 aliphatic heterocycles. The fourth-order valence-electron chi connectivity index (χ4n) is 1.65. The number of sulfonamides is 1. The van der Waals surface area contributed by atoms with Gasteiger partial charge in [0.1, 0.15) is 4.90 Å². The fourth-order valence-corrected chi connectivity index (χ4v) is 2.87. The van der Waals surface area contributed by atoms with Gasteiger partial charge in [-0.15, -0.1) is 0 Å². The molecule has 118 valence electrons. The summed E-state index contributed by atoms with van der Waals surface area (Å²) in [5.74, 6) is 0. The van der Waals surface area contributed by atoms with Crippen LogP contribution in [0.4, 0.5) is 11.4 Å². The molecule has 8 nitrogen and oxygen atoms in total. The Kier molecular flexibility index (Phi) is 6.53. The first-order valence-electron chi connectivity index (χ1n) is 6.52. The van der Waals surface area contributed by atoms with E-state index in [0.29, 0.717) is 18.8 Å². The molecule has 1 aromatic rings. The SMILES string of the molecule is CCNc1ccc([N+](=O)[O-])cc1S(=O)(=O)NCCOCC. The summed E-state index contributed by atoms with van der Waals surface area (Å²) in [6.45, 7) is 4.94. The van der Waals surface area contributed by atoms with Gasteiger partial charge in [0.05, 0.1) is 17.2 Å². The van der Waals surface area contributed by atoms with E-state index in [1.165, 1.54) is 12.1 Å². The number of hydrogen-bond acceptors (Lipinski definition) is 6. The van der Waals surface area contributed by atoms with Gasteiger partial charge in [-0.3, -0.25) is 10.1 Å². The topological polar surface area (TPSA) is 111 Å². The molecular weight excluding hydrogens is 298 g/mol. The number of benzene rings is 1. The number of rotatable bonds is 9. The van der Waals surface area contributed by atoms with Gasteiger partial charge in [-0.2, -0.15) is 0 Å². The van der Waals surface area contributed by atoms with Crippen molar-refractivity contribution in [1.29, 1.82) is 0 Å². The third kappa shape index (κ3) is 4.96. The molecule has 2 N–H and O–H groups in total. The van der Waals surface area contributed by atoms with Crippen LogP contribution in [0.2, 0.25) is 0 Å². The molecule has 0 atom stereocenters. The summed E-state index contributed by atoms with van der Waals surface area (Å²) in [7, 11) is -3.85. The van der Waals surface area contributed by atoms with Crippen LogP contribution in [-0.4, -0.2) is 39.6 Å². The fraction of sp³-hybridized carbons (Fsp3) is 0.500. The van der Waals surface area contributed by atoms with Gasteiger partial charge in [0, 0.05) is 31.8 Å². The molecule has 0 fully saturated rings. The summed E-state index contributed by atoms with van der Waals surface area (Å²) in [5.41, 5.74) is 0.0499. The third-order valence-corrected chi connectivity index (χ3v) is 4.08. The van der Waals surface area contributed by atoms with Crippen molar-refractivity contribution < 1.29 is 18.1 Å². The molecule has 0 radical (unpaired) electrons. The van der Waals surface area contributed by atoms with Gasteiger partial charge in [-0.1, -0.05) is 0 Å². The molecule has 0 amide bonds. The summed E-state index contributed by atoms with van der Waals surface area (Å²) in [5, 5.41) is 13.7. The molecule has 0 heterocycles. The van der Waals surface area contributed by atoms with E-state index in [4.69, 9.17) is 4.74 Å². The van der Waals surface area contributed by atoms with Gasteiger partial charge in [-0.05, 0) is 19.9 Å². The highest BCUT2D eigenvalue weighted by molar-refractivity contribution is 7.89. The Balaban J connectivity index is 3.05. The number of anilines is 1. The quantitative estimate of drug-likeness (QED) is 0.404. The third-order valence-electron chi connectivity index (χ3n) is 2.58. The lowest BCUT2D eigenvalue weighted by Gasteiger charge is -2.12. The lowest BCUT2D eigenvalue weighted by molar-refractivity contribution is -0.385. The Hall–Kier alpha value is -1.71. The van der Waals surface area contributed by atoms with Gasteiger partial charge in [0.15, 0.2) is 0 Å². The van der Waals surface area contributed by atoms with Crippen LogP contribution in [0.1, 0.15) is 13.8 Å². The highest BCUT2D eigenvalue weighted by atomic mass is 32.2. The highest BCUT2D eigenvalue weighted by Crippen LogP contribution is 2.26. The maximum Gasteiger partial charge on any atom is 0.270 e. The van der Waals surface area contributed by atoms with E-state index in [1.54, 1.807) is 13.8 Å². The van der Waals surface area contributed by atoms with E-state index in [-0.39, 0.29) is 23.7 Å². The first-order chi connectivity index (χ1) is 9.92. The monoisotopic (exact) mass is 317 g/mol. The zero-order valence-corrected chi connectivity index (χ0v) is 12.8. The minimum atomic E-state index is -3.85. The van der Waals surface area contributed by atoms with Crippen molar-refractivity contribution >= 4 is 21.4 Å². The van der Waals surface area contributed by atoms with Crippen LogP contribution in [0.3, 0.4) is 0 Å². The Bertz CT molecular complexity index is 589. The molecule has 0 saturated heterocycles. The average molecular weight is 317 g/mol. The first-order valence-corrected chi connectivity index (χ1v) is 8.00. The number of nitrogens with zero attached hydrogens (tertiary/aromatic N) is 1. The Morgan fingerprint density at radius 1 is 1.33 bits per heavy atom. The summed E-state index contributed by atoms with van der Waals surface area (Å²) in [6.07, 6.45) is 0. The second-order valence-electron chi connectivity index (χ2n) is 4.06. The standard InChI is InChI=1S/C12H19N3O5S/c1-3-13-11-6-5-10(15(16)17)9-12(11)21(18,19)14-7-8-20-4-2/h5-6,9,13-14H,3-4,7-8H2,1-2H3. The van der Waals surface area contributed by atoms with Crippen molar-refractivity contribution in [1.82, 2.24) is 4.72 Å². The van der Waals surface area contributed by atoms with Crippen molar-refractivity contribution in [2.45, 2.75) is 18.7 Å². The number of hydrogen-bond donors (Lipinski definition) is 2. The number of non-ortho nitro benzene ring substituents is 1. The molecule has 0 bridgehead atoms. The smallest absolute Gasteiger partial charge is 0.270 e. The van der Waals surface area contributed by atoms with Crippen molar-refractivity contribution in [3.8, 4) is 0 Å². The van der Waals surface area contributed by atoms with E-state index in [0.717, 1.165) is 6.07 Å². The molecule has 0 spiro atoms. The van der Waals surface area contributed by atoms with Gasteiger partial charge < -0.3 is 10.1 Å². The summed E-state index contributed by atoms with van der Waals surface area (Å²) in [4.78, 5) is 10.0. The van der Waals surface area contributed by atoms with Gasteiger partial charge >= 0.3 is 0 Å². The van der Waals surface area contributed by atoms with Gasteiger partial charge in [0.25, 0.3) is 5.69 Å². The number of nitro groups is 1. The van der Waals surface area contributed by atoms with Gasteiger partial charge in [-0.25, -0.2) is 13.1 Å². The minimum Gasteiger partial charge on any atom is -0.384 e. The predicted molar refractivity (Wildman–Crippen MR) is 78.9 cm³/mol. The lowest BCUT2D eigenvalue weighted by Crippen LogP contribution is -2.28. The molecule has 1 aromatic carbocycles. The molecule has 9 heteroatoms. The lowest BCUT2D eigenvalue weighted by atomic mass is 10.3. The average Bonchev–Trinajstić information content (AvgIpc) is 2.44. The molecule has 0 aliphatic carbocycles. The second kappa shape index (κ2) is 7.91. The molecule has 0 aromatic heterocycles. The molecule has 0 saturated carbocycles. The number of ether oxygens (including phenoxy) is 1. The zero-order valence-electron chi connectivity index (χ0n) is 12.0. The predicted octanol–water partition coefficient (Wildman–Crippen LogP) is 1.34. The van der Waals surface area contributed by atoms with Crippen LogP contribution in [0.25, 0.3) is 0 Å². The minimum absolute atomic E-state index is 0.102. The van der Waals surface area contributed by atoms with Crippen LogP contribution in [-0.2, 0) is 14.8 Å². The van der Waals surface area contributed by atoms with E-state index in [9.17, 15) is 18.5 Å². The number of nitrogens with one attached hydrogen (secondary N) is 2. The summed E-state index contributed by atoms with van der Waals surface area (Å²) >= 11 is 0. The summed E-state index contributed by atoms with van der Waals surface area (Å²) in [6, 6.07) is 3.69. The van der Waals surface area contributed by atoms with E-state index < -0.39 is 14.9 Å². The Morgan fingerprint density at radius 2 is 2.05 bits per heavy atom. The molecule has 0 unspecified atom stereocenters. The zero-order chi connectivity index (χ0) is 15.9. The van der Waals surface area contributed by atoms with Crippen LogP contribution < -0.4 is 10.0 Å². The largest absolute Gasteiger partial charge is 0.384 e. The van der Waals surface area contributed by atoms with E-state index >= 15 is 0 Å². The molecular formula is C12H19N3O5S. The van der Waals surface area contributed by atoms with Crippen LogP contribution in [0.5, 0.6) is 0 Å². The van der Waals surface area contributed by atoms with Crippen molar-refractivity contribution in [3.05, 3.63) is 28.3 Å². The van der Waals surface area contributed by atoms with Crippen molar-refractivity contribution in [2.75, 3.05) is 31.6 Å². The molecule has 1 rings (SSSR count). The normalized spacial score (nSPS) is 11.3. The van der Waals surface area contributed by atoms with Crippen LogP contribution >= 0.6 is 0 Å². The van der Waals surface area contributed by atoms with E-state index in [2.05, 4.69) is 10.0 Å². The van der Waals surface area contributed by atoms with Crippen LogP contribution in [0.15, 0.2) is 23.1 Å². The summed E-state index contributed by atoms with van der Waals surface area (Å²) < 4.78 is 31.9. The Morgan fingerprint density at radius 3 is 2.62 bits per heavy atom. The van der Waals surface area contributed by atoms with Gasteiger partial charge in [0.2, 0.25) is 10.0 Å². The highest BCUT2D eigenvalue weighted by Gasteiger charge is 2.21. The van der Waals surface area contributed by atoms with Crippen LogP contribution in [0, 0.1) is 10.1 Å². The maximum absolute atomic E-state index is 12.2. The molecule has 21 heavy (non-hydrogen) atoms. The molecule has 0 aliphatic rings. The van der Waals surface area contributed by atoms with Crippen molar-refractivity contribution in [3.63, 3.8) is 0 Å². The number of nitro benzene ring substituents is 1. The van der Waals surface area contributed by atoms with Crippen molar-refractivity contribution in [2.24, 2.45) is 0 Å².